The zero-order valence-corrected chi connectivity index (χ0v) is 10.6. The topological polar surface area (TPSA) is 72.9 Å². The fourth-order valence-electron chi connectivity index (χ4n) is 1.68. The Kier molecular flexibility index (Phi) is 4.41. The van der Waals surface area contributed by atoms with E-state index in [1.807, 2.05) is 0 Å². The summed E-state index contributed by atoms with van der Waals surface area (Å²) < 4.78 is 27.4. The third-order valence-electron chi connectivity index (χ3n) is 2.68. The van der Waals surface area contributed by atoms with Gasteiger partial charge in [-0.05, 0) is 6.07 Å². The van der Waals surface area contributed by atoms with E-state index >= 15 is 0 Å². The number of rotatable bonds is 5. The molecule has 0 atom stereocenters. The number of anilines is 1. The number of benzene rings is 1. The molecule has 1 heterocycles. The summed E-state index contributed by atoms with van der Waals surface area (Å²) in [6.07, 6.45) is 1.46. The van der Waals surface area contributed by atoms with Crippen LogP contribution >= 0.6 is 0 Å². The summed E-state index contributed by atoms with van der Waals surface area (Å²) in [6.45, 7) is 0.906. The Morgan fingerprint density at radius 2 is 2.10 bits per heavy atom. The van der Waals surface area contributed by atoms with Gasteiger partial charge in [0.1, 0.15) is 11.6 Å². The summed E-state index contributed by atoms with van der Waals surface area (Å²) in [5.41, 5.74) is 5.71. The highest BCUT2D eigenvalue weighted by atomic mass is 19.1. The number of halogens is 2. The van der Waals surface area contributed by atoms with Crippen LogP contribution in [0.2, 0.25) is 0 Å². The van der Waals surface area contributed by atoms with Crippen molar-refractivity contribution in [3.63, 3.8) is 0 Å². The second-order valence-electron chi connectivity index (χ2n) is 4.19. The van der Waals surface area contributed by atoms with Crippen LogP contribution in [0, 0.1) is 11.6 Å². The van der Waals surface area contributed by atoms with Crippen LogP contribution in [0.4, 0.5) is 14.5 Å². The van der Waals surface area contributed by atoms with Gasteiger partial charge in [0.05, 0.1) is 18.4 Å². The number of nitrogens with one attached hydrogen (secondary N) is 1. The highest BCUT2D eigenvalue weighted by Gasteiger charge is 2.07. The normalized spacial score (nSPS) is 10.6. The van der Waals surface area contributed by atoms with Crippen LogP contribution in [0.5, 0.6) is 0 Å². The van der Waals surface area contributed by atoms with Crippen molar-refractivity contribution in [3.05, 3.63) is 58.0 Å². The minimum atomic E-state index is -0.705. The van der Waals surface area contributed by atoms with Crippen molar-refractivity contribution in [1.82, 2.24) is 9.78 Å². The van der Waals surface area contributed by atoms with E-state index in [9.17, 15) is 13.6 Å². The summed E-state index contributed by atoms with van der Waals surface area (Å²) in [5.74, 6) is -1.36. The average molecular weight is 280 g/mol. The number of hydrogen-bond donors (Lipinski definition) is 2. The van der Waals surface area contributed by atoms with Gasteiger partial charge in [0, 0.05) is 30.8 Å². The smallest absolute Gasteiger partial charge is 0.269 e. The molecule has 0 saturated carbocycles. The molecule has 1 aromatic heterocycles. The molecule has 0 aliphatic rings. The molecule has 0 fully saturated rings. The number of nitrogens with two attached hydrogens (primary N) is 1. The number of aromatic nitrogens is 2. The van der Waals surface area contributed by atoms with Gasteiger partial charge < -0.3 is 11.1 Å². The molecule has 0 saturated heterocycles. The summed E-state index contributed by atoms with van der Waals surface area (Å²) in [7, 11) is 0. The zero-order chi connectivity index (χ0) is 14.5. The van der Waals surface area contributed by atoms with Crippen LogP contribution in [0.15, 0.2) is 35.3 Å². The van der Waals surface area contributed by atoms with Crippen LogP contribution in [-0.2, 0) is 6.54 Å². The van der Waals surface area contributed by atoms with Gasteiger partial charge in [-0.3, -0.25) is 4.79 Å². The Labute approximate surface area is 114 Å². The highest BCUT2D eigenvalue weighted by Crippen LogP contribution is 2.10. The summed E-state index contributed by atoms with van der Waals surface area (Å²) >= 11 is 0. The summed E-state index contributed by atoms with van der Waals surface area (Å²) in [5, 5.41) is 6.85. The first-order valence-corrected chi connectivity index (χ1v) is 6.05. The maximum absolute atomic E-state index is 13.5. The fourth-order valence-corrected chi connectivity index (χ4v) is 1.68. The molecule has 0 aliphatic heterocycles. The Hall–Kier alpha value is -2.28. The lowest BCUT2D eigenvalue weighted by atomic mass is 10.2. The molecule has 0 spiro atoms. The van der Waals surface area contributed by atoms with E-state index in [0.717, 1.165) is 16.8 Å². The van der Waals surface area contributed by atoms with Gasteiger partial charge in [-0.1, -0.05) is 6.07 Å². The Bertz CT molecular complexity index is 657. The highest BCUT2D eigenvalue weighted by molar-refractivity contribution is 5.38. The van der Waals surface area contributed by atoms with Crippen molar-refractivity contribution in [3.8, 4) is 0 Å². The molecule has 0 amide bonds. The predicted molar refractivity (Wildman–Crippen MR) is 71.5 cm³/mol. The number of hydrogen-bond acceptors (Lipinski definition) is 4. The van der Waals surface area contributed by atoms with Gasteiger partial charge in [-0.2, -0.15) is 5.10 Å². The van der Waals surface area contributed by atoms with Crippen molar-refractivity contribution in [2.75, 3.05) is 18.4 Å². The predicted octanol–water partition coefficient (Wildman–Crippen LogP) is 0.940. The van der Waals surface area contributed by atoms with E-state index in [4.69, 9.17) is 5.73 Å². The van der Waals surface area contributed by atoms with Crippen LogP contribution in [0.3, 0.4) is 0 Å². The van der Waals surface area contributed by atoms with E-state index in [2.05, 4.69) is 10.4 Å². The first kappa shape index (κ1) is 14.1. The Morgan fingerprint density at radius 1 is 1.30 bits per heavy atom. The maximum atomic E-state index is 13.5. The quantitative estimate of drug-likeness (QED) is 0.855. The van der Waals surface area contributed by atoms with Crippen LogP contribution < -0.4 is 16.6 Å². The van der Waals surface area contributed by atoms with Crippen molar-refractivity contribution in [2.45, 2.75) is 6.54 Å². The van der Waals surface area contributed by atoms with Crippen molar-refractivity contribution in [2.24, 2.45) is 5.73 Å². The lowest BCUT2D eigenvalue weighted by Crippen LogP contribution is -2.24. The fraction of sp³-hybridized carbons (Fsp3) is 0.231. The molecule has 0 unspecified atom stereocenters. The number of nitrogens with zero attached hydrogens (tertiary/aromatic N) is 2. The second-order valence-corrected chi connectivity index (χ2v) is 4.19. The van der Waals surface area contributed by atoms with E-state index in [-0.39, 0.29) is 17.7 Å². The van der Waals surface area contributed by atoms with Gasteiger partial charge in [-0.25, -0.2) is 13.5 Å². The molecule has 106 valence electrons. The van der Waals surface area contributed by atoms with Gasteiger partial charge >= 0.3 is 0 Å². The molecule has 0 bridgehead atoms. The standard InChI is InChI=1S/C13H14F2N4O/c14-10-2-1-9(12(15)5-10)8-19-13(20)6-11(7-18-19)17-4-3-16/h1-2,5-7,17H,3-4,8,16H2. The van der Waals surface area contributed by atoms with Gasteiger partial charge in [0.2, 0.25) is 0 Å². The van der Waals surface area contributed by atoms with E-state index in [1.165, 1.54) is 18.3 Å². The van der Waals surface area contributed by atoms with Gasteiger partial charge in [0.25, 0.3) is 5.56 Å². The maximum Gasteiger partial charge on any atom is 0.269 e. The average Bonchev–Trinajstić information content (AvgIpc) is 2.42. The SMILES string of the molecule is NCCNc1cnn(Cc2ccc(F)cc2F)c(=O)c1. The van der Waals surface area contributed by atoms with Gasteiger partial charge in [-0.15, -0.1) is 0 Å². The molecular formula is C13H14F2N4O. The van der Waals surface area contributed by atoms with E-state index < -0.39 is 11.6 Å². The molecule has 2 rings (SSSR count). The first-order chi connectivity index (χ1) is 9.60. The van der Waals surface area contributed by atoms with Crippen LogP contribution in [0.25, 0.3) is 0 Å². The van der Waals surface area contributed by atoms with Crippen LogP contribution in [-0.4, -0.2) is 22.9 Å². The minimum absolute atomic E-state index is 0.0535. The molecule has 5 nitrogen and oxygen atoms in total. The molecular weight excluding hydrogens is 266 g/mol. The lowest BCUT2D eigenvalue weighted by molar-refractivity contribution is 0.551. The molecule has 2 aromatic rings. The minimum Gasteiger partial charge on any atom is -0.382 e. The third-order valence-corrected chi connectivity index (χ3v) is 2.68. The summed E-state index contributed by atoms with van der Waals surface area (Å²) in [6, 6.07) is 4.56. The van der Waals surface area contributed by atoms with Crippen molar-refractivity contribution < 1.29 is 8.78 Å². The van der Waals surface area contributed by atoms with E-state index in [0.29, 0.717) is 18.8 Å². The largest absolute Gasteiger partial charge is 0.382 e. The molecule has 1 aromatic carbocycles. The zero-order valence-electron chi connectivity index (χ0n) is 10.6. The monoisotopic (exact) mass is 280 g/mol. The molecule has 3 N–H and O–H groups in total. The van der Waals surface area contributed by atoms with Gasteiger partial charge in [0.15, 0.2) is 0 Å². The second kappa shape index (κ2) is 6.25. The Balaban J connectivity index is 2.19. The molecule has 20 heavy (non-hydrogen) atoms. The third kappa shape index (κ3) is 3.39. The van der Waals surface area contributed by atoms with Crippen molar-refractivity contribution in [1.29, 1.82) is 0 Å². The van der Waals surface area contributed by atoms with E-state index in [1.54, 1.807) is 0 Å². The first-order valence-electron chi connectivity index (χ1n) is 6.05. The molecule has 0 radical (unpaired) electrons. The Morgan fingerprint density at radius 3 is 2.75 bits per heavy atom. The molecule has 7 heteroatoms. The van der Waals surface area contributed by atoms with Crippen molar-refractivity contribution >= 4 is 5.69 Å². The summed E-state index contributed by atoms with van der Waals surface area (Å²) in [4.78, 5) is 11.8. The lowest BCUT2D eigenvalue weighted by Gasteiger charge is -2.08. The molecule has 0 aliphatic carbocycles. The van der Waals surface area contributed by atoms with Crippen LogP contribution in [0.1, 0.15) is 5.56 Å².